The Hall–Kier alpha value is -3.35. The first-order valence-electron chi connectivity index (χ1n) is 12.0. The van der Waals surface area contributed by atoms with Gasteiger partial charge in [0.1, 0.15) is 6.61 Å². The first kappa shape index (κ1) is 23.8. The van der Waals surface area contributed by atoms with Crippen molar-refractivity contribution in [1.82, 2.24) is 10.2 Å². The van der Waals surface area contributed by atoms with Crippen molar-refractivity contribution in [3.63, 3.8) is 0 Å². The Labute approximate surface area is 200 Å². The van der Waals surface area contributed by atoms with Crippen LogP contribution in [0.15, 0.2) is 48.5 Å². The summed E-state index contributed by atoms with van der Waals surface area (Å²) in [5.74, 6) is -1.16. The minimum Gasteiger partial charge on any atom is -0.481 e. The third-order valence-electron chi connectivity index (χ3n) is 6.92. The number of ether oxygens (including phenoxy) is 1. The van der Waals surface area contributed by atoms with Crippen LogP contribution in [0, 0.1) is 5.92 Å². The molecule has 1 fully saturated rings. The van der Waals surface area contributed by atoms with E-state index in [1.807, 2.05) is 38.1 Å². The zero-order valence-corrected chi connectivity index (χ0v) is 19.7. The number of carboxylic acid groups (broad SMARTS) is 1. The Balaban J connectivity index is 1.31. The van der Waals surface area contributed by atoms with Crippen LogP contribution in [0.1, 0.15) is 56.6 Å². The standard InChI is InChI=1S/C27H32N2O5/c1-17(2)29(14-13-25(30)31)26(32)18-11-12-19(15-18)28-27(33)34-16-24-22-9-5-3-7-20(22)21-8-4-6-10-23(21)24/h3-10,17-19,24H,11-16H2,1-2H3,(H,28,33)(H,30,31)/t18-,19+/m1/s1. The van der Waals surface area contributed by atoms with Crippen LogP contribution in [0.4, 0.5) is 4.79 Å². The largest absolute Gasteiger partial charge is 0.481 e. The molecule has 2 aliphatic carbocycles. The van der Waals surface area contributed by atoms with E-state index in [1.54, 1.807) is 4.90 Å². The zero-order valence-electron chi connectivity index (χ0n) is 19.7. The first-order chi connectivity index (χ1) is 16.3. The first-order valence-corrected chi connectivity index (χ1v) is 12.0. The van der Waals surface area contributed by atoms with E-state index in [4.69, 9.17) is 9.84 Å². The van der Waals surface area contributed by atoms with Crippen molar-refractivity contribution in [2.24, 2.45) is 5.92 Å². The topological polar surface area (TPSA) is 95.9 Å². The lowest BCUT2D eigenvalue weighted by atomic mass is 9.98. The lowest BCUT2D eigenvalue weighted by molar-refractivity contribution is -0.140. The fourth-order valence-electron chi connectivity index (χ4n) is 5.22. The second kappa shape index (κ2) is 10.3. The number of carboxylic acids is 1. The van der Waals surface area contributed by atoms with Crippen molar-refractivity contribution in [3.8, 4) is 11.1 Å². The number of carbonyl (C=O) groups excluding carboxylic acids is 2. The van der Waals surface area contributed by atoms with Crippen molar-refractivity contribution in [3.05, 3.63) is 59.7 Å². The van der Waals surface area contributed by atoms with E-state index in [9.17, 15) is 14.4 Å². The molecule has 0 radical (unpaired) electrons. The summed E-state index contributed by atoms with van der Waals surface area (Å²) in [6.07, 6.45) is 1.37. The Bertz CT molecular complexity index is 1020. The normalized spacial score (nSPS) is 18.9. The van der Waals surface area contributed by atoms with Gasteiger partial charge < -0.3 is 20.1 Å². The zero-order chi connectivity index (χ0) is 24.2. The summed E-state index contributed by atoms with van der Waals surface area (Å²) >= 11 is 0. The molecule has 2 N–H and O–H groups in total. The van der Waals surface area contributed by atoms with Gasteiger partial charge in [-0.3, -0.25) is 9.59 Å². The number of carbonyl (C=O) groups is 3. The molecule has 4 rings (SSSR count). The number of amides is 2. The molecule has 2 aliphatic rings. The molecule has 7 nitrogen and oxygen atoms in total. The SMILES string of the molecule is CC(C)N(CCC(=O)O)C(=O)[C@@H]1CC[C@H](NC(=O)OCC2c3ccccc3-c3ccccc32)C1. The quantitative estimate of drug-likeness (QED) is 0.604. The van der Waals surface area contributed by atoms with Crippen LogP contribution in [0.3, 0.4) is 0 Å². The molecule has 7 heteroatoms. The molecular formula is C27H32N2O5. The van der Waals surface area contributed by atoms with E-state index in [1.165, 1.54) is 11.1 Å². The van der Waals surface area contributed by atoms with Gasteiger partial charge in [-0.15, -0.1) is 0 Å². The molecule has 0 saturated heterocycles. The second-order valence-electron chi connectivity index (χ2n) is 9.45. The summed E-state index contributed by atoms with van der Waals surface area (Å²) in [6.45, 7) is 4.24. The molecule has 0 aliphatic heterocycles. The fourth-order valence-corrected chi connectivity index (χ4v) is 5.22. The highest BCUT2D eigenvalue weighted by atomic mass is 16.5. The summed E-state index contributed by atoms with van der Waals surface area (Å²) in [5, 5.41) is 11.9. The van der Waals surface area contributed by atoms with Gasteiger partial charge in [-0.05, 0) is 55.4 Å². The van der Waals surface area contributed by atoms with E-state index >= 15 is 0 Å². The van der Waals surface area contributed by atoms with E-state index in [2.05, 4.69) is 29.6 Å². The Morgan fingerprint density at radius 3 is 2.24 bits per heavy atom. The van der Waals surface area contributed by atoms with Gasteiger partial charge in [-0.1, -0.05) is 48.5 Å². The molecule has 2 amide bonds. The molecule has 0 spiro atoms. The van der Waals surface area contributed by atoms with Gasteiger partial charge >= 0.3 is 12.1 Å². The molecule has 34 heavy (non-hydrogen) atoms. The van der Waals surface area contributed by atoms with E-state index in [0.717, 1.165) is 11.1 Å². The summed E-state index contributed by atoms with van der Waals surface area (Å²) in [6, 6.07) is 16.2. The highest BCUT2D eigenvalue weighted by Crippen LogP contribution is 2.44. The van der Waals surface area contributed by atoms with Crippen LogP contribution >= 0.6 is 0 Å². The average molecular weight is 465 g/mol. The van der Waals surface area contributed by atoms with Crippen molar-refractivity contribution in [2.45, 2.75) is 57.5 Å². The van der Waals surface area contributed by atoms with Crippen LogP contribution < -0.4 is 5.32 Å². The van der Waals surface area contributed by atoms with Gasteiger partial charge in [0, 0.05) is 30.5 Å². The molecule has 0 unspecified atom stereocenters. The van der Waals surface area contributed by atoms with Crippen molar-refractivity contribution < 1.29 is 24.2 Å². The Morgan fingerprint density at radius 1 is 1.03 bits per heavy atom. The lowest BCUT2D eigenvalue weighted by Crippen LogP contribution is -2.42. The molecule has 0 heterocycles. The summed E-state index contributed by atoms with van der Waals surface area (Å²) < 4.78 is 5.64. The number of nitrogens with zero attached hydrogens (tertiary/aromatic N) is 1. The van der Waals surface area contributed by atoms with Crippen molar-refractivity contribution in [1.29, 1.82) is 0 Å². The monoisotopic (exact) mass is 464 g/mol. The number of benzene rings is 2. The van der Waals surface area contributed by atoms with E-state index in [0.29, 0.717) is 19.3 Å². The number of rotatable bonds is 8. The average Bonchev–Trinajstić information content (AvgIpc) is 3.40. The molecule has 2 atom stereocenters. The van der Waals surface area contributed by atoms with E-state index < -0.39 is 12.1 Å². The van der Waals surface area contributed by atoms with Crippen LogP contribution in [0.2, 0.25) is 0 Å². The molecule has 2 aromatic carbocycles. The molecule has 2 aromatic rings. The molecule has 0 bridgehead atoms. The maximum atomic E-state index is 13.0. The minimum atomic E-state index is -0.917. The molecule has 180 valence electrons. The number of alkyl carbamates (subject to hydrolysis) is 1. The third-order valence-corrected chi connectivity index (χ3v) is 6.92. The summed E-state index contributed by atoms with van der Waals surface area (Å²) in [7, 11) is 0. The number of hydrogen-bond donors (Lipinski definition) is 2. The minimum absolute atomic E-state index is 0.00453. The fraction of sp³-hybridized carbons (Fsp3) is 0.444. The Morgan fingerprint density at radius 2 is 1.65 bits per heavy atom. The smallest absolute Gasteiger partial charge is 0.407 e. The van der Waals surface area contributed by atoms with Crippen LogP contribution in [0.5, 0.6) is 0 Å². The lowest BCUT2D eigenvalue weighted by Gasteiger charge is -2.29. The van der Waals surface area contributed by atoms with Crippen LogP contribution in [0.25, 0.3) is 11.1 Å². The van der Waals surface area contributed by atoms with Gasteiger partial charge in [0.15, 0.2) is 0 Å². The number of hydrogen-bond acceptors (Lipinski definition) is 4. The molecule has 0 aromatic heterocycles. The maximum absolute atomic E-state index is 13.0. The van der Waals surface area contributed by atoms with Crippen molar-refractivity contribution in [2.75, 3.05) is 13.2 Å². The van der Waals surface area contributed by atoms with Gasteiger partial charge in [-0.25, -0.2) is 4.79 Å². The summed E-state index contributed by atoms with van der Waals surface area (Å²) in [5.41, 5.74) is 4.69. The highest BCUT2D eigenvalue weighted by molar-refractivity contribution is 5.81. The summed E-state index contributed by atoms with van der Waals surface area (Å²) in [4.78, 5) is 38.1. The van der Waals surface area contributed by atoms with E-state index in [-0.39, 0.29) is 49.4 Å². The number of aliphatic carboxylic acids is 1. The third kappa shape index (κ3) is 5.08. The Kier molecular flexibility index (Phi) is 7.20. The number of nitrogens with one attached hydrogen (secondary N) is 1. The molecular weight excluding hydrogens is 432 g/mol. The van der Waals surface area contributed by atoms with Gasteiger partial charge in [0.05, 0.1) is 6.42 Å². The van der Waals surface area contributed by atoms with Gasteiger partial charge in [-0.2, -0.15) is 0 Å². The number of fused-ring (bicyclic) bond motifs is 3. The van der Waals surface area contributed by atoms with Crippen LogP contribution in [-0.4, -0.2) is 53.2 Å². The highest BCUT2D eigenvalue weighted by Gasteiger charge is 2.35. The van der Waals surface area contributed by atoms with Crippen LogP contribution in [-0.2, 0) is 14.3 Å². The van der Waals surface area contributed by atoms with Gasteiger partial charge in [0.25, 0.3) is 0 Å². The predicted molar refractivity (Wildman–Crippen MR) is 128 cm³/mol. The predicted octanol–water partition coefficient (Wildman–Crippen LogP) is 4.41. The van der Waals surface area contributed by atoms with Crippen molar-refractivity contribution >= 4 is 18.0 Å². The maximum Gasteiger partial charge on any atom is 0.407 e. The van der Waals surface area contributed by atoms with Gasteiger partial charge in [0.2, 0.25) is 5.91 Å². The molecule has 1 saturated carbocycles. The second-order valence-corrected chi connectivity index (χ2v) is 9.45.